The van der Waals surface area contributed by atoms with Crippen molar-refractivity contribution in [2.45, 2.75) is 29.0 Å². The minimum atomic E-state index is -4.17. The molecule has 1 heterocycles. The summed E-state index contributed by atoms with van der Waals surface area (Å²) in [5.41, 5.74) is 11.6. The van der Waals surface area contributed by atoms with E-state index < -0.39 is 20.6 Å². The van der Waals surface area contributed by atoms with Crippen molar-refractivity contribution in [2.24, 2.45) is 17.4 Å². The Balaban J connectivity index is 1.83. The van der Waals surface area contributed by atoms with Gasteiger partial charge in [-0.05, 0) is 74.7 Å². The first kappa shape index (κ1) is 20.3. The molecule has 1 saturated heterocycles. The van der Waals surface area contributed by atoms with Gasteiger partial charge < -0.3 is 21.5 Å². The molecular weight excluding hydrogens is 378 g/mol. The molecule has 7 nitrogen and oxygen atoms in total. The van der Waals surface area contributed by atoms with Crippen molar-refractivity contribution >= 4 is 15.7 Å². The molecule has 2 atom stereocenters. The molecule has 0 radical (unpaired) electrons. The fourth-order valence-electron chi connectivity index (χ4n) is 3.39. The lowest BCUT2D eigenvalue weighted by Gasteiger charge is -2.32. The largest absolute Gasteiger partial charge is 0.457 e. The van der Waals surface area contributed by atoms with Crippen LogP contribution in [0.4, 0.5) is 0 Å². The van der Waals surface area contributed by atoms with Crippen molar-refractivity contribution in [1.82, 2.24) is 5.32 Å². The van der Waals surface area contributed by atoms with Gasteiger partial charge in [-0.25, -0.2) is 8.42 Å². The second kappa shape index (κ2) is 8.30. The van der Waals surface area contributed by atoms with Crippen molar-refractivity contribution in [1.29, 1.82) is 0 Å². The highest BCUT2D eigenvalue weighted by Gasteiger charge is 2.48. The molecule has 0 saturated carbocycles. The number of nitrogens with one attached hydrogen (secondary N) is 1. The molecule has 3 rings (SSSR count). The number of piperidine rings is 1. The number of hydrogen-bond donors (Lipinski definition) is 3. The van der Waals surface area contributed by atoms with Crippen LogP contribution < -0.4 is 21.5 Å². The summed E-state index contributed by atoms with van der Waals surface area (Å²) in [4.78, 5) is 9.88. The Kier molecular flexibility index (Phi) is 6.02. The molecule has 1 aliphatic heterocycles. The maximum atomic E-state index is 13.2. The number of carbonyl (C=O) groups is 1. The number of hydrogen-bond acceptors (Lipinski definition) is 6. The zero-order valence-electron chi connectivity index (χ0n) is 15.5. The molecule has 2 aromatic rings. The van der Waals surface area contributed by atoms with Crippen molar-refractivity contribution in [3.8, 4) is 11.5 Å². The molecular formula is C20H25N3O4S. The summed E-state index contributed by atoms with van der Waals surface area (Å²) in [5, 5.41) is 3.20. The van der Waals surface area contributed by atoms with Crippen LogP contribution in [0.2, 0.25) is 0 Å². The topological polar surface area (TPSA) is 125 Å². The number of ether oxygens (including phenoxy) is 1. The Morgan fingerprint density at radius 3 is 2.32 bits per heavy atom. The quantitative estimate of drug-likeness (QED) is 0.647. The van der Waals surface area contributed by atoms with E-state index in [4.69, 9.17) is 16.2 Å². The van der Waals surface area contributed by atoms with Gasteiger partial charge >= 0.3 is 0 Å². The Hall–Kier alpha value is -2.42. The summed E-state index contributed by atoms with van der Waals surface area (Å²) in [5.74, 6) is 0.0425. The predicted molar refractivity (Wildman–Crippen MR) is 106 cm³/mol. The molecule has 0 aromatic heterocycles. The van der Waals surface area contributed by atoms with Crippen LogP contribution in [0.3, 0.4) is 0 Å². The van der Waals surface area contributed by atoms with Gasteiger partial charge in [0.15, 0.2) is 0 Å². The molecule has 8 heteroatoms. The fraction of sp³-hybridized carbons (Fsp3) is 0.350. The van der Waals surface area contributed by atoms with Gasteiger partial charge in [0.1, 0.15) is 11.5 Å². The van der Waals surface area contributed by atoms with Gasteiger partial charge in [-0.2, -0.15) is 0 Å². The van der Waals surface area contributed by atoms with Crippen molar-refractivity contribution in [2.75, 3.05) is 13.1 Å². The Morgan fingerprint density at radius 1 is 1.11 bits per heavy atom. The summed E-state index contributed by atoms with van der Waals surface area (Å²) in [6.07, 6.45) is 1.70. The number of sulfone groups is 1. The van der Waals surface area contributed by atoms with E-state index in [0.29, 0.717) is 18.0 Å². The highest BCUT2D eigenvalue weighted by molar-refractivity contribution is 7.93. The monoisotopic (exact) mass is 403 g/mol. The van der Waals surface area contributed by atoms with Crippen LogP contribution in [0, 0.1) is 5.92 Å². The molecule has 150 valence electrons. The molecule has 0 bridgehead atoms. The lowest BCUT2D eigenvalue weighted by atomic mass is 9.92. The SMILES string of the molecule is NC(=O)[C@@](N)(CC1CCCNC1)S(=O)(=O)c1ccc(Oc2ccccc2)cc1. The summed E-state index contributed by atoms with van der Waals surface area (Å²) < 4.78 is 32.0. The van der Waals surface area contributed by atoms with Gasteiger partial charge in [-0.15, -0.1) is 0 Å². The van der Waals surface area contributed by atoms with Gasteiger partial charge in [0.05, 0.1) is 4.90 Å². The molecule has 5 N–H and O–H groups in total. The lowest BCUT2D eigenvalue weighted by Crippen LogP contribution is -2.59. The van der Waals surface area contributed by atoms with Crippen molar-refractivity contribution in [3.05, 3.63) is 54.6 Å². The van der Waals surface area contributed by atoms with E-state index in [9.17, 15) is 13.2 Å². The highest BCUT2D eigenvalue weighted by atomic mass is 32.2. The molecule has 0 aliphatic carbocycles. The number of benzene rings is 2. The zero-order chi connectivity index (χ0) is 20.2. The minimum absolute atomic E-state index is 0.0140. The van der Waals surface area contributed by atoms with Crippen molar-refractivity contribution < 1.29 is 17.9 Å². The third-order valence-corrected chi connectivity index (χ3v) is 7.22. The normalized spacial score (nSPS) is 19.5. The van der Waals surface area contributed by atoms with Gasteiger partial charge in [-0.3, -0.25) is 4.79 Å². The van der Waals surface area contributed by atoms with E-state index >= 15 is 0 Å². The predicted octanol–water partition coefficient (Wildman–Crippen LogP) is 1.78. The van der Waals surface area contributed by atoms with Crippen LogP contribution in [-0.4, -0.2) is 32.3 Å². The number of para-hydroxylation sites is 1. The minimum Gasteiger partial charge on any atom is -0.457 e. The Labute approximate surface area is 165 Å². The number of carbonyl (C=O) groups excluding carboxylic acids is 1. The molecule has 1 amide bonds. The standard InChI is InChI=1S/C20H25N3O4S/c21-19(24)20(22,13-15-5-4-12-23-14-15)28(25,26)18-10-8-17(9-11-18)27-16-6-2-1-3-7-16/h1-3,6-11,15,23H,4-5,12-14,22H2,(H2,21,24)/t15?,20-/m1/s1. The number of amides is 1. The second-order valence-corrected chi connectivity index (χ2v) is 9.27. The van der Waals surface area contributed by atoms with E-state index in [1.54, 1.807) is 12.1 Å². The lowest BCUT2D eigenvalue weighted by molar-refractivity contribution is -0.120. The number of primary amides is 1. The highest BCUT2D eigenvalue weighted by Crippen LogP contribution is 2.31. The molecule has 2 aromatic carbocycles. The van der Waals surface area contributed by atoms with E-state index in [-0.39, 0.29) is 17.2 Å². The fourth-order valence-corrected chi connectivity index (χ4v) is 5.03. The second-order valence-electron chi connectivity index (χ2n) is 7.06. The third kappa shape index (κ3) is 4.19. The van der Waals surface area contributed by atoms with E-state index in [0.717, 1.165) is 19.4 Å². The molecule has 1 fully saturated rings. The Morgan fingerprint density at radius 2 is 1.75 bits per heavy atom. The average Bonchev–Trinajstić information content (AvgIpc) is 2.69. The first-order valence-corrected chi connectivity index (χ1v) is 10.7. The molecule has 0 spiro atoms. The van der Waals surface area contributed by atoms with Crippen LogP contribution >= 0.6 is 0 Å². The van der Waals surface area contributed by atoms with Crippen LogP contribution in [-0.2, 0) is 14.6 Å². The van der Waals surface area contributed by atoms with Crippen LogP contribution in [0.15, 0.2) is 59.5 Å². The molecule has 1 aliphatic rings. The van der Waals surface area contributed by atoms with E-state index in [1.165, 1.54) is 24.3 Å². The molecule has 28 heavy (non-hydrogen) atoms. The summed E-state index contributed by atoms with van der Waals surface area (Å²) in [6.45, 7) is 1.49. The van der Waals surface area contributed by atoms with Crippen LogP contribution in [0.25, 0.3) is 0 Å². The van der Waals surface area contributed by atoms with Gasteiger partial charge in [-0.1, -0.05) is 18.2 Å². The zero-order valence-corrected chi connectivity index (χ0v) is 16.3. The van der Waals surface area contributed by atoms with Gasteiger partial charge in [0, 0.05) is 0 Å². The smallest absolute Gasteiger partial charge is 0.253 e. The number of nitrogens with two attached hydrogens (primary N) is 2. The maximum Gasteiger partial charge on any atom is 0.253 e. The van der Waals surface area contributed by atoms with E-state index in [2.05, 4.69) is 5.32 Å². The summed E-state index contributed by atoms with van der Waals surface area (Å²) in [6, 6.07) is 15.0. The maximum absolute atomic E-state index is 13.2. The molecule has 1 unspecified atom stereocenters. The summed E-state index contributed by atoms with van der Waals surface area (Å²) in [7, 11) is -4.17. The van der Waals surface area contributed by atoms with Gasteiger partial charge in [0.2, 0.25) is 14.7 Å². The van der Waals surface area contributed by atoms with Gasteiger partial charge in [0.25, 0.3) is 5.91 Å². The third-order valence-electron chi connectivity index (χ3n) is 5.00. The average molecular weight is 404 g/mol. The van der Waals surface area contributed by atoms with E-state index in [1.807, 2.05) is 18.2 Å². The Bertz CT molecular complexity index is 910. The van der Waals surface area contributed by atoms with Crippen molar-refractivity contribution in [3.63, 3.8) is 0 Å². The van der Waals surface area contributed by atoms with Crippen LogP contribution in [0.1, 0.15) is 19.3 Å². The van der Waals surface area contributed by atoms with Crippen LogP contribution in [0.5, 0.6) is 11.5 Å². The summed E-state index contributed by atoms with van der Waals surface area (Å²) >= 11 is 0. The first-order valence-electron chi connectivity index (χ1n) is 9.20. The first-order chi connectivity index (χ1) is 13.3. The number of rotatable bonds is 7.